The predicted molar refractivity (Wildman–Crippen MR) is 125 cm³/mol. The first-order valence-electron chi connectivity index (χ1n) is 11.0. The Morgan fingerprint density at radius 2 is 2.03 bits per heavy atom. The van der Waals surface area contributed by atoms with Crippen molar-refractivity contribution in [1.29, 1.82) is 0 Å². The van der Waals surface area contributed by atoms with Gasteiger partial charge in [0.2, 0.25) is 0 Å². The number of carbonyl (C=O) groups excluding carboxylic acids is 1. The molecule has 8 heteroatoms. The molecule has 0 aliphatic heterocycles. The van der Waals surface area contributed by atoms with E-state index in [0.717, 1.165) is 16.6 Å². The number of hydrogen-bond acceptors (Lipinski definition) is 4. The van der Waals surface area contributed by atoms with E-state index in [2.05, 4.69) is 15.4 Å². The number of carbonyl (C=O) groups is 1. The average Bonchev–Trinajstić information content (AvgIpc) is 3.38. The third-order valence-electron chi connectivity index (χ3n) is 5.62. The Morgan fingerprint density at radius 3 is 2.70 bits per heavy atom. The van der Waals surface area contributed by atoms with E-state index in [1.165, 1.54) is 6.07 Å². The number of nitrogens with one attached hydrogen (secondary N) is 1. The second kappa shape index (κ2) is 9.54. The summed E-state index contributed by atoms with van der Waals surface area (Å²) in [5.74, 6) is -0.297. The van der Waals surface area contributed by atoms with Crippen LogP contribution in [0.5, 0.6) is 0 Å². The van der Waals surface area contributed by atoms with Crippen LogP contribution < -0.4 is 5.32 Å². The lowest BCUT2D eigenvalue weighted by Crippen LogP contribution is -2.38. The summed E-state index contributed by atoms with van der Waals surface area (Å²) in [7, 11) is 1.82. The summed E-state index contributed by atoms with van der Waals surface area (Å²) in [5.41, 5.74) is 3.79. The Morgan fingerprint density at radius 1 is 1.21 bits per heavy atom. The van der Waals surface area contributed by atoms with E-state index in [1.54, 1.807) is 35.4 Å². The summed E-state index contributed by atoms with van der Waals surface area (Å²) in [6.45, 7) is 4.20. The minimum atomic E-state index is -0.336. The number of aliphatic hydroxyl groups excluding tert-OH is 1. The van der Waals surface area contributed by atoms with Gasteiger partial charge in [0.05, 0.1) is 36.5 Å². The minimum absolute atomic E-state index is 0.134. The van der Waals surface area contributed by atoms with Gasteiger partial charge in [0.15, 0.2) is 0 Å². The normalized spacial score (nSPS) is 12.4. The lowest BCUT2D eigenvalue weighted by molar-refractivity contribution is 0.0909. The fraction of sp³-hybridized carbons (Fsp3) is 0.320. The standard InChI is InChI=1S/C25H28FN5O2/c1-16(2)9-20(15-32)29-25(33)21-14-31(23-5-4-8-27-24(21)23)13-18-7-6-17(10-22(18)26)19-11-28-30(3)12-19/h4-8,10-12,14,16,20,32H,9,13,15H2,1-3H3,(H,29,33)/t20-/m0/s1. The molecule has 0 radical (unpaired) electrons. The van der Waals surface area contributed by atoms with Gasteiger partial charge >= 0.3 is 0 Å². The summed E-state index contributed by atoms with van der Waals surface area (Å²) >= 11 is 0. The van der Waals surface area contributed by atoms with Crippen LogP contribution in [0.2, 0.25) is 0 Å². The fourth-order valence-corrected chi connectivity index (χ4v) is 4.04. The van der Waals surface area contributed by atoms with E-state index in [9.17, 15) is 14.3 Å². The number of aromatic nitrogens is 4. The molecule has 1 aromatic carbocycles. The maximum atomic E-state index is 15.0. The van der Waals surface area contributed by atoms with Crippen LogP contribution >= 0.6 is 0 Å². The van der Waals surface area contributed by atoms with Crippen LogP contribution in [-0.2, 0) is 13.6 Å². The molecule has 4 aromatic rings. The van der Waals surface area contributed by atoms with Crippen LogP contribution in [0.3, 0.4) is 0 Å². The predicted octanol–water partition coefficient (Wildman–Crippen LogP) is 3.76. The van der Waals surface area contributed by atoms with Crippen molar-refractivity contribution in [2.75, 3.05) is 6.61 Å². The summed E-state index contributed by atoms with van der Waals surface area (Å²) < 4.78 is 18.5. The summed E-state index contributed by atoms with van der Waals surface area (Å²) in [5, 5.41) is 16.7. The van der Waals surface area contributed by atoms with Crippen molar-refractivity contribution in [2.45, 2.75) is 32.9 Å². The maximum absolute atomic E-state index is 15.0. The minimum Gasteiger partial charge on any atom is -0.394 e. The molecule has 0 fully saturated rings. The highest BCUT2D eigenvalue weighted by Gasteiger charge is 2.20. The molecule has 1 atom stereocenters. The molecule has 0 bridgehead atoms. The highest BCUT2D eigenvalue weighted by Crippen LogP contribution is 2.25. The van der Waals surface area contributed by atoms with E-state index in [1.807, 2.05) is 43.8 Å². The molecule has 0 spiro atoms. The van der Waals surface area contributed by atoms with Crippen LogP contribution in [0.25, 0.3) is 22.2 Å². The molecule has 3 aromatic heterocycles. The molecular weight excluding hydrogens is 421 g/mol. The van der Waals surface area contributed by atoms with Crippen molar-refractivity contribution < 1.29 is 14.3 Å². The smallest absolute Gasteiger partial charge is 0.255 e. The van der Waals surface area contributed by atoms with Crippen molar-refractivity contribution in [3.8, 4) is 11.1 Å². The number of hydrogen-bond donors (Lipinski definition) is 2. The highest BCUT2D eigenvalue weighted by molar-refractivity contribution is 6.05. The highest BCUT2D eigenvalue weighted by atomic mass is 19.1. The zero-order valence-electron chi connectivity index (χ0n) is 19.0. The molecule has 0 saturated carbocycles. The van der Waals surface area contributed by atoms with E-state index >= 15 is 0 Å². The Labute approximate surface area is 191 Å². The van der Waals surface area contributed by atoms with Crippen LogP contribution in [0.1, 0.15) is 36.2 Å². The topological polar surface area (TPSA) is 85.0 Å². The Kier molecular flexibility index (Phi) is 6.55. The Bertz CT molecular complexity index is 1280. The second-order valence-corrected chi connectivity index (χ2v) is 8.73. The lowest BCUT2D eigenvalue weighted by Gasteiger charge is -2.17. The molecule has 0 aliphatic carbocycles. The number of aryl methyl sites for hydroxylation is 1. The number of nitrogens with zero attached hydrogens (tertiary/aromatic N) is 4. The monoisotopic (exact) mass is 449 g/mol. The average molecular weight is 450 g/mol. The van der Waals surface area contributed by atoms with Crippen molar-refractivity contribution in [2.24, 2.45) is 13.0 Å². The van der Waals surface area contributed by atoms with Gasteiger partial charge in [0, 0.05) is 36.8 Å². The first kappa shape index (κ1) is 22.7. The van der Waals surface area contributed by atoms with E-state index < -0.39 is 0 Å². The van der Waals surface area contributed by atoms with Gasteiger partial charge < -0.3 is 15.0 Å². The number of aliphatic hydroxyl groups is 1. The van der Waals surface area contributed by atoms with Gasteiger partial charge in [-0.05, 0) is 36.1 Å². The van der Waals surface area contributed by atoms with E-state index in [4.69, 9.17) is 0 Å². The number of pyridine rings is 1. The maximum Gasteiger partial charge on any atom is 0.255 e. The third-order valence-corrected chi connectivity index (χ3v) is 5.62. The Hall–Kier alpha value is -3.52. The van der Waals surface area contributed by atoms with Crippen LogP contribution in [-0.4, -0.2) is 43.0 Å². The van der Waals surface area contributed by atoms with Crippen LogP contribution in [0.15, 0.2) is 55.1 Å². The molecule has 7 nitrogen and oxygen atoms in total. The molecule has 4 rings (SSSR count). The van der Waals surface area contributed by atoms with Gasteiger partial charge in [-0.15, -0.1) is 0 Å². The van der Waals surface area contributed by atoms with E-state index in [-0.39, 0.29) is 30.9 Å². The quantitative estimate of drug-likeness (QED) is 0.429. The number of benzene rings is 1. The number of fused-ring (bicyclic) bond motifs is 1. The van der Waals surface area contributed by atoms with Crippen molar-refractivity contribution in [3.05, 3.63) is 72.1 Å². The van der Waals surface area contributed by atoms with Crippen LogP contribution in [0, 0.1) is 11.7 Å². The number of rotatable bonds is 8. The molecule has 1 amide bonds. The van der Waals surface area contributed by atoms with Gasteiger partial charge in [0.25, 0.3) is 5.91 Å². The molecule has 33 heavy (non-hydrogen) atoms. The molecular formula is C25H28FN5O2. The zero-order valence-corrected chi connectivity index (χ0v) is 19.0. The zero-order chi connectivity index (χ0) is 23.5. The van der Waals surface area contributed by atoms with Gasteiger partial charge in [-0.1, -0.05) is 26.0 Å². The first-order chi connectivity index (χ1) is 15.9. The third kappa shape index (κ3) is 4.96. The molecule has 172 valence electrons. The fourth-order valence-electron chi connectivity index (χ4n) is 4.04. The second-order valence-electron chi connectivity index (χ2n) is 8.73. The first-order valence-corrected chi connectivity index (χ1v) is 11.0. The summed E-state index contributed by atoms with van der Waals surface area (Å²) in [6, 6.07) is 8.43. The molecule has 0 aliphatic rings. The number of halogens is 1. The number of amides is 1. The lowest BCUT2D eigenvalue weighted by atomic mass is 10.0. The van der Waals surface area contributed by atoms with Crippen LogP contribution in [0.4, 0.5) is 4.39 Å². The molecule has 0 saturated heterocycles. The van der Waals surface area contributed by atoms with Crippen molar-refractivity contribution in [1.82, 2.24) is 24.6 Å². The summed E-state index contributed by atoms with van der Waals surface area (Å²) in [6.07, 6.45) is 7.53. The van der Waals surface area contributed by atoms with E-state index in [0.29, 0.717) is 29.0 Å². The van der Waals surface area contributed by atoms with Gasteiger partial charge in [-0.25, -0.2) is 4.39 Å². The molecule has 0 unspecified atom stereocenters. The SMILES string of the molecule is CC(C)C[C@@H](CO)NC(=O)c1cn(Cc2ccc(-c3cnn(C)c3)cc2F)c2cccnc12. The van der Waals surface area contributed by atoms with Crippen molar-refractivity contribution in [3.63, 3.8) is 0 Å². The Balaban J connectivity index is 1.62. The van der Waals surface area contributed by atoms with Gasteiger partial charge in [-0.2, -0.15) is 5.10 Å². The molecule has 2 N–H and O–H groups in total. The largest absolute Gasteiger partial charge is 0.394 e. The van der Waals surface area contributed by atoms with Crippen molar-refractivity contribution >= 4 is 16.9 Å². The molecule has 3 heterocycles. The summed E-state index contributed by atoms with van der Waals surface area (Å²) in [4.78, 5) is 17.4. The van der Waals surface area contributed by atoms with Gasteiger partial charge in [-0.3, -0.25) is 14.5 Å². The van der Waals surface area contributed by atoms with Gasteiger partial charge in [0.1, 0.15) is 11.3 Å².